The van der Waals surface area contributed by atoms with Crippen molar-refractivity contribution in [2.75, 3.05) is 0 Å². The summed E-state index contributed by atoms with van der Waals surface area (Å²) in [5.74, 6) is -0.553. The maximum Gasteiger partial charge on any atom is 0.356 e. The number of carbonyl (C=O) groups is 1. The van der Waals surface area contributed by atoms with Crippen molar-refractivity contribution in [3.8, 4) is 5.82 Å². The first-order chi connectivity index (χ1) is 7.08. The molecule has 0 saturated heterocycles. The predicted molar refractivity (Wildman–Crippen MR) is 49.8 cm³/mol. The molecule has 0 aliphatic rings. The van der Waals surface area contributed by atoms with Crippen molar-refractivity contribution in [3.05, 3.63) is 23.7 Å². The minimum absolute atomic E-state index is 0.0284. The highest BCUT2D eigenvalue weighted by Gasteiger charge is 2.14. The average molecular weight is 207 g/mol. The highest BCUT2D eigenvalue weighted by atomic mass is 16.4. The van der Waals surface area contributed by atoms with Gasteiger partial charge in [-0.1, -0.05) is 5.21 Å². The van der Waals surface area contributed by atoms with Crippen LogP contribution in [0.3, 0.4) is 0 Å². The summed E-state index contributed by atoms with van der Waals surface area (Å²) in [7, 11) is 1.73. The van der Waals surface area contributed by atoms with Crippen molar-refractivity contribution in [2.24, 2.45) is 7.05 Å². The van der Waals surface area contributed by atoms with E-state index in [1.165, 1.54) is 9.36 Å². The number of carboxylic acids is 1. The quantitative estimate of drug-likeness (QED) is 0.749. The van der Waals surface area contributed by atoms with Crippen LogP contribution in [-0.4, -0.2) is 35.9 Å². The number of aryl methyl sites for hydroxylation is 2. The molecule has 78 valence electrons. The van der Waals surface area contributed by atoms with E-state index in [4.69, 9.17) is 5.11 Å². The fourth-order valence-electron chi connectivity index (χ4n) is 1.23. The zero-order chi connectivity index (χ0) is 11.0. The summed E-state index contributed by atoms with van der Waals surface area (Å²) >= 11 is 0. The number of hydrogen-bond donors (Lipinski definition) is 1. The van der Waals surface area contributed by atoms with Gasteiger partial charge in [-0.05, 0) is 6.92 Å². The second kappa shape index (κ2) is 3.19. The lowest BCUT2D eigenvalue weighted by Crippen LogP contribution is -2.01. The van der Waals surface area contributed by atoms with Gasteiger partial charge in [-0.15, -0.1) is 5.10 Å². The van der Waals surface area contributed by atoms with Gasteiger partial charge in [0.1, 0.15) is 0 Å². The minimum Gasteiger partial charge on any atom is -0.476 e. The molecule has 0 radical (unpaired) electrons. The van der Waals surface area contributed by atoms with Crippen LogP contribution in [0.5, 0.6) is 0 Å². The first-order valence-electron chi connectivity index (χ1n) is 4.24. The summed E-state index contributed by atoms with van der Waals surface area (Å²) in [6, 6.07) is 0. The molecule has 2 rings (SSSR count). The number of aromatic nitrogens is 5. The summed E-state index contributed by atoms with van der Waals surface area (Å²) in [5, 5.41) is 20.3. The van der Waals surface area contributed by atoms with E-state index in [2.05, 4.69) is 15.4 Å². The molecule has 0 amide bonds. The van der Waals surface area contributed by atoms with Crippen LogP contribution in [0.25, 0.3) is 5.82 Å². The van der Waals surface area contributed by atoms with Gasteiger partial charge < -0.3 is 5.11 Å². The van der Waals surface area contributed by atoms with Crippen LogP contribution in [0.4, 0.5) is 0 Å². The Hall–Kier alpha value is -2.18. The Morgan fingerprint density at radius 1 is 1.47 bits per heavy atom. The zero-order valence-electron chi connectivity index (χ0n) is 8.25. The molecule has 0 aromatic carbocycles. The van der Waals surface area contributed by atoms with E-state index in [9.17, 15) is 4.79 Å². The van der Waals surface area contributed by atoms with E-state index in [0.29, 0.717) is 11.4 Å². The van der Waals surface area contributed by atoms with Gasteiger partial charge >= 0.3 is 5.97 Å². The van der Waals surface area contributed by atoms with Crippen molar-refractivity contribution < 1.29 is 9.90 Å². The van der Waals surface area contributed by atoms with Crippen LogP contribution < -0.4 is 0 Å². The third-order valence-corrected chi connectivity index (χ3v) is 1.93. The maximum atomic E-state index is 10.8. The van der Waals surface area contributed by atoms with Crippen molar-refractivity contribution in [2.45, 2.75) is 6.92 Å². The van der Waals surface area contributed by atoms with Gasteiger partial charge in [0.25, 0.3) is 0 Å². The van der Waals surface area contributed by atoms with Crippen molar-refractivity contribution in [3.63, 3.8) is 0 Å². The number of rotatable bonds is 2. The molecule has 7 heteroatoms. The van der Waals surface area contributed by atoms with Crippen LogP contribution in [0.2, 0.25) is 0 Å². The molecule has 0 aliphatic heterocycles. The summed E-state index contributed by atoms with van der Waals surface area (Å²) in [6.45, 7) is 1.68. The Balaban J connectivity index is 2.46. The SMILES string of the molecule is Cc1cn(-c2cn(C)nn2)nc1C(=O)O. The van der Waals surface area contributed by atoms with Crippen LogP contribution in [0.1, 0.15) is 16.1 Å². The first kappa shape index (κ1) is 9.38. The Labute approximate surface area is 84.9 Å². The molecular formula is C8H9N5O2. The molecule has 0 bridgehead atoms. The van der Waals surface area contributed by atoms with Gasteiger partial charge in [0.05, 0.1) is 6.20 Å². The van der Waals surface area contributed by atoms with E-state index in [1.54, 1.807) is 26.4 Å². The van der Waals surface area contributed by atoms with Gasteiger partial charge in [-0.2, -0.15) is 5.10 Å². The molecule has 0 saturated carbocycles. The second-order valence-corrected chi connectivity index (χ2v) is 3.16. The average Bonchev–Trinajstić information content (AvgIpc) is 2.71. The Kier molecular flexibility index (Phi) is 2.00. The number of carboxylic acid groups (broad SMARTS) is 1. The third kappa shape index (κ3) is 1.58. The molecule has 2 heterocycles. The predicted octanol–water partition coefficient (Wildman–Crippen LogP) is 0.00742. The lowest BCUT2D eigenvalue weighted by atomic mass is 10.3. The Morgan fingerprint density at radius 2 is 2.20 bits per heavy atom. The first-order valence-corrected chi connectivity index (χ1v) is 4.24. The molecule has 2 aromatic rings. The van der Waals surface area contributed by atoms with Crippen LogP contribution in [0, 0.1) is 6.92 Å². The molecule has 2 aromatic heterocycles. The zero-order valence-corrected chi connectivity index (χ0v) is 8.25. The highest BCUT2D eigenvalue weighted by Crippen LogP contribution is 2.08. The summed E-state index contributed by atoms with van der Waals surface area (Å²) < 4.78 is 2.92. The number of aromatic carboxylic acids is 1. The molecule has 0 atom stereocenters. The molecule has 0 fully saturated rings. The minimum atomic E-state index is -1.05. The van der Waals surface area contributed by atoms with Crippen LogP contribution in [0.15, 0.2) is 12.4 Å². The molecule has 15 heavy (non-hydrogen) atoms. The largest absolute Gasteiger partial charge is 0.476 e. The van der Waals surface area contributed by atoms with Crippen LogP contribution >= 0.6 is 0 Å². The molecule has 0 spiro atoms. The van der Waals surface area contributed by atoms with E-state index in [-0.39, 0.29) is 5.69 Å². The fraction of sp³-hybridized carbons (Fsp3) is 0.250. The molecule has 0 unspecified atom stereocenters. The second-order valence-electron chi connectivity index (χ2n) is 3.16. The fourth-order valence-corrected chi connectivity index (χ4v) is 1.23. The topological polar surface area (TPSA) is 85.8 Å². The molecule has 7 nitrogen and oxygen atoms in total. The van der Waals surface area contributed by atoms with Crippen molar-refractivity contribution in [1.82, 2.24) is 24.8 Å². The summed E-state index contributed by atoms with van der Waals surface area (Å²) in [6.07, 6.45) is 3.26. The standard InChI is InChI=1S/C8H9N5O2/c1-5-3-13(10-7(5)8(14)15)6-4-12(2)11-9-6/h3-4H,1-2H3,(H,14,15). The third-order valence-electron chi connectivity index (χ3n) is 1.93. The van der Waals surface area contributed by atoms with Gasteiger partial charge in [0, 0.05) is 18.8 Å². The number of nitrogens with zero attached hydrogens (tertiary/aromatic N) is 5. The summed E-state index contributed by atoms with van der Waals surface area (Å²) in [5.41, 5.74) is 0.619. The molecule has 1 N–H and O–H groups in total. The normalized spacial score (nSPS) is 10.5. The Morgan fingerprint density at radius 3 is 2.67 bits per heavy atom. The summed E-state index contributed by atoms with van der Waals surface area (Å²) in [4.78, 5) is 10.8. The van der Waals surface area contributed by atoms with E-state index >= 15 is 0 Å². The van der Waals surface area contributed by atoms with E-state index in [0.717, 1.165) is 0 Å². The van der Waals surface area contributed by atoms with Crippen molar-refractivity contribution in [1.29, 1.82) is 0 Å². The van der Waals surface area contributed by atoms with Gasteiger partial charge in [-0.25, -0.2) is 9.48 Å². The molecule has 0 aliphatic carbocycles. The van der Waals surface area contributed by atoms with Crippen LogP contribution in [-0.2, 0) is 7.05 Å². The lowest BCUT2D eigenvalue weighted by molar-refractivity contribution is 0.0689. The highest BCUT2D eigenvalue weighted by molar-refractivity contribution is 5.86. The maximum absolute atomic E-state index is 10.8. The van der Waals surface area contributed by atoms with Gasteiger partial charge in [0.2, 0.25) is 0 Å². The van der Waals surface area contributed by atoms with Crippen molar-refractivity contribution >= 4 is 5.97 Å². The monoisotopic (exact) mass is 207 g/mol. The Bertz CT molecular complexity index is 513. The van der Waals surface area contributed by atoms with Gasteiger partial charge in [-0.3, -0.25) is 4.68 Å². The number of hydrogen-bond acceptors (Lipinski definition) is 4. The van der Waals surface area contributed by atoms with E-state index in [1.807, 2.05) is 0 Å². The van der Waals surface area contributed by atoms with E-state index < -0.39 is 5.97 Å². The molecular weight excluding hydrogens is 198 g/mol. The lowest BCUT2D eigenvalue weighted by Gasteiger charge is -1.90. The van der Waals surface area contributed by atoms with Gasteiger partial charge in [0.15, 0.2) is 11.5 Å². The smallest absolute Gasteiger partial charge is 0.356 e.